The van der Waals surface area contributed by atoms with Crippen LogP contribution in [0.3, 0.4) is 0 Å². The van der Waals surface area contributed by atoms with E-state index in [-0.39, 0.29) is 17.6 Å². The van der Waals surface area contributed by atoms with Crippen LogP contribution in [-0.4, -0.2) is 43.7 Å². The molecule has 1 saturated heterocycles. The van der Waals surface area contributed by atoms with Gasteiger partial charge in [-0.15, -0.1) is 0 Å². The van der Waals surface area contributed by atoms with Gasteiger partial charge in [0.25, 0.3) is 5.91 Å². The number of likely N-dealkylation sites (tertiary alicyclic amines) is 1. The Bertz CT molecular complexity index is 690. The maximum Gasteiger partial charge on any atom is 0.257 e. The van der Waals surface area contributed by atoms with E-state index in [1.54, 1.807) is 29.3 Å². The van der Waals surface area contributed by atoms with Crippen LogP contribution in [-0.2, 0) is 7.05 Å². The number of amides is 1. The summed E-state index contributed by atoms with van der Waals surface area (Å²) in [4.78, 5) is 18.4. The Morgan fingerprint density at radius 2 is 2.00 bits per heavy atom. The molecule has 1 fully saturated rings. The molecule has 6 nitrogen and oxygen atoms in total. The van der Waals surface area contributed by atoms with Gasteiger partial charge >= 0.3 is 0 Å². The van der Waals surface area contributed by atoms with Crippen LogP contribution < -0.4 is 0 Å². The van der Waals surface area contributed by atoms with Crippen LogP contribution in [0, 0.1) is 5.92 Å². The summed E-state index contributed by atoms with van der Waals surface area (Å²) in [6.45, 7) is 1.14. The molecule has 1 aliphatic heterocycles. The zero-order valence-electron chi connectivity index (χ0n) is 13.1. The number of imidazole rings is 1. The van der Waals surface area contributed by atoms with Crippen molar-refractivity contribution < 1.29 is 15.0 Å². The highest BCUT2D eigenvalue weighted by Crippen LogP contribution is 2.30. The molecule has 2 aromatic rings. The van der Waals surface area contributed by atoms with Crippen LogP contribution in [0.2, 0.25) is 0 Å². The fraction of sp³-hybridized carbons (Fsp3) is 0.412. The van der Waals surface area contributed by atoms with E-state index in [1.807, 2.05) is 17.8 Å². The molecule has 122 valence electrons. The molecule has 1 atom stereocenters. The molecule has 0 radical (unpaired) electrons. The lowest BCUT2D eigenvalue weighted by molar-refractivity contribution is 0.0418. The summed E-state index contributed by atoms with van der Waals surface area (Å²) < 4.78 is 1.82. The monoisotopic (exact) mass is 315 g/mol. The van der Waals surface area contributed by atoms with Crippen LogP contribution in [0.15, 0.2) is 36.7 Å². The molecule has 1 aliphatic rings. The first kappa shape index (κ1) is 15.6. The van der Waals surface area contributed by atoms with E-state index in [0.29, 0.717) is 37.3 Å². The first-order valence-electron chi connectivity index (χ1n) is 7.80. The van der Waals surface area contributed by atoms with Crippen LogP contribution >= 0.6 is 0 Å². The number of carbonyl (C=O) groups excluding carboxylic acids is 1. The third-order valence-corrected chi connectivity index (χ3v) is 4.53. The average molecular weight is 315 g/mol. The van der Waals surface area contributed by atoms with Gasteiger partial charge in [0.05, 0.1) is 5.56 Å². The topological polar surface area (TPSA) is 78.6 Å². The van der Waals surface area contributed by atoms with E-state index in [0.717, 1.165) is 0 Å². The Morgan fingerprint density at radius 3 is 2.61 bits per heavy atom. The van der Waals surface area contributed by atoms with E-state index < -0.39 is 6.10 Å². The highest BCUT2D eigenvalue weighted by Gasteiger charge is 2.30. The molecule has 2 heterocycles. The number of aromatic hydroxyl groups is 1. The molecule has 0 aliphatic carbocycles. The summed E-state index contributed by atoms with van der Waals surface area (Å²) in [6, 6.07) is 6.59. The summed E-state index contributed by atoms with van der Waals surface area (Å²) in [5, 5.41) is 20.3. The third kappa shape index (κ3) is 3.07. The number of aryl methyl sites for hydroxylation is 1. The number of nitrogens with zero attached hydrogens (tertiary/aromatic N) is 3. The molecule has 0 bridgehead atoms. The van der Waals surface area contributed by atoms with E-state index in [2.05, 4.69) is 4.98 Å². The Morgan fingerprint density at radius 1 is 1.30 bits per heavy atom. The first-order chi connectivity index (χ1) is 11.1. The highest BCUT2D eigenvalue weighted by atomic mass is 16.3. The van der Waals surface area contributed by atoms with Crippen molar-refractivity contribution in [1.82, 2.24) is 14.5 Å². The Kier molecular flexibility index (Phi) is 4.34. The number of phenols is 1. The smallest absolute Gasteiger partial charge is 0.257 e. The number of phenolic OH excluding ortho intramolecular Hbond substituents is 1. The summed E-state index contributed by atoms with van der Waals surface area (Å²) in [7, 11) is 1.86. The lowest BCUT2D eigenvalue weighted by Gasteiger charge is -2.34. The fourth-order valence-corrected chi connectivity index (χ4v) is 3.12. The number of para-hydroxylation sites is 1. The van der Waals surface area contributed by atoms with Crippen molar-refractivity contribution in [1.29, 1.82) is 0 Å². The largest absolute Gasteiger partial charge is 0.507 e. The van der Waals surface area contributed by atoms with Crippen molar-refractivity contribution in [2.24, 2.45) is 13.0 Å². The van der Waals surface area contributed by atoms with Gasteiger partial charge in [-0.1, -0.05) is 12.1 Å². The van der Waals surface area contributed by atoms with Crippen LogP contribution in [0.1, 0.15) is 35.1 Å². The van der Waals surface area contributed by atoms with E-state index >= 15 is 0 Å². The zero-order chi connectivity index (χ0) is 16.4. The minimum Gasteiger partial charge on any atom is -0.507 e. The normalized spacial score (nSPS) is 17.2. The number of aromatic nitrogens is 2. The molecule has 1 aromatic carbocycles. The van der Waals surface area contributed by atoms with Crippen LogP contribution in [0.5, 0.6) is 5.75 Å². The van der Waals surface area contributed by atoms with E-state index in [4.69, 9.17) is 0 Å². The number of benzene rings is 1. The van der Waals surface area contributed by atoms with Crippen LogP contribution in [0.25, 0.3) is 0 Å². The SMILES string of the molecule is Cn1ccnc1C(O)C1CCN(C(=O)c2ccccc2O)CC1. The van der Waals surface area contributed by atoms with Crippen molar-refractivity contribution in [2.45, 2.75) is 18.9 Å². The molecule has 0 spiro atoms. The molecule has 1 unspecified atom stereocenters. The van der Waals surface area contributed by atoms with E-state index in [9.17, 15) is 15.0 Å². The Labute approximate surface area is 135 Å². The van der Waals surface area contributed by atoms with Gasteiger partial charge in [-0.05, 0) is 30.9 Å². The van der Waals surface area contributed by atoms with E-state index in [1.165, 1.54) is 6.07 Å². The molecular formula is C17H21N3O3. The maximum absolute atomic E-state index is 12.5. The zero-order valence-corrected chi connectivity index (χ0v) is 13.1. The van der Waals surface area contributed by atoms with Crippen molar-refractivity contribution in [2.75, 3.05) is 13.1 Å². The number of rotatable bonds is 3. The first-order valence-corrected chi connectivity index (χ1v) is 7.80. The molecular weight excluding hydrogens is 294 g/mol. The summed E-state index contributed by atoms with van der Waals surface area (Å²) in [6.07, 6.45) is 4.31. The Balaban J connectivity index is 1.64. The second kappa shape index (κ2) is 6.42. The standard InChI is InChI=1S/C17H21N3O3/c1-19-11-8-18-16(19)15(22)12-6-9-20(10-7-12)17(23)13-4-2-3-5-14(13)21/h2-5,8,11-12,15,21-22H,6-7,9-10H2,1H3. The molecule has 2 N–H and O–H groups in total. The number of carbonyl (C=O) groups is 1. The molecule has 3 rings (SSSR count). The predicted molar refractivity (Wildman–Crippen MR) is 84.9 cm³/mol. The van der Waals surface area contributed by atoms with Gasteiger partial charge in [0.15, 0.2) is 0 Å². The van der Waals surface area contributed by atoms with Gasteiger partial charge < -0.3 is 19.7 Å². The second-order valence-corrected chi connectivity index (χ2v) is 5.99. The lowest BCUT2D eigenvalue weighted by Crippen LogP contribution is -2.40. The van der Waals surface area contributed by atoms with Gasteiger partial charge in [0, 0.05) is 32.5 Å². The van der Waals surface area contributed by atoms with Gasteiger partial charge in [-0.3, -0.25) is 4.79 Å². The average Bonchev–Trinajstić information content (AvgIpc) is 3.00. The van der Waals surface area contributed by atoms with Crippen molar-refractivity contribution in [3.8, 4) is 5.75 Å². The second-order valence-electron chi connectivity index (χ2n) is 5.99. The van der Waals surface area contributed by atoms with Gasteiger partial charge in [-0.25, -0.2) is 4.98 Å². The van der Waals surface area contributed by atoms with Gasteiger partial charge in [-0.2, -0.15) is 0 Å². The summed E-state index contributed by atoms with van der Waals surface area (Å²) >= 11 is 0. The molecule has 1 aromatic heterocycles. The molecule has 6 heteroatoms. The number of aliphatic hydroxyl groups excluding tert-OH is 1. The predicted octanol–water partition coefficient (Wildman–Crippen LogP) is 1.71. The van der Waals surface area contributed by atoms with Gasteiger partial charge in [0.1, 0.15) is 17.7 Å². The van der Waals surface area contributed by atoms with Gasteiger partial charge in [0.2, 0.25) is 0 Å². The van der Waals surface area contributed by atoms with Crippen molar-refractivity contribution >= 4 is 5.91 Å². The third-order valence-electron chi connectivity index (χ3n) is 4.53. The molecule has 23 heavy (non-hydrogen) atoms. The fourth-order valence-electron chi connectivity index (χ4n) is 3.12. The van der Waals surface area contributed by atoms with Crippen LogP contribution in [0.4, 0.5) is 0 Å². The lowest BCUT2D eigenvalue weighted by atomic mass is 9.90. The Hall–Kier alpha value is -2.34. The maximum atomic E-state index is 12.5. The van der Waals surface area contributed by atoms with Crippen molar-refractivity contribution in [3.63, 3.8) is 0 Å². The minimum absolute atomic E-state index is 0.00710. The number of aliphatic hydroxyl groups is 1. The highest BCUT2D eigenvalue weighted by molar-refractivity contribution is 5.96. The number of hydrogen-bond donors (Lipinski definition) is 2. The summed E-state index contributed by atoms with van der Waals surface area (Å²) in [5.74, 6) is 0.598. The number of hydrogen-bond acceptors (Lipinski definition) is 4. The quantitative estimate of drug-likeness (QED) is 0.904. The summed E-state index contributed by atoms with van der Waals surface area (Å²) in [5.41, 5.74) is 0.329. The molecule has 1 amide bonds. The minimum atomic E-state index is -0.614. The number of piperidine rings is 1. The molecule has 0 saturated carbocycles. The van der Waals surface area contributed by atoms with Crippen molar-refractivity contribution in [3.05, 3.63) is 48.0 Å².